The van der Waals surface area contributed by atoms with E-state index in [0.29, 0.717) is 5.84 Å². The van der Waals surface area contributed by atoms with E-state index in [2.05, 4.69) is 207 Å². The molecule has 0 aromatic heterocycles. The Morgan fingerprint density at radius 1 is 0.590 bits per heavy atom. The molecule has 61 heavy (non-hydrogen) atoms. The third kappa shape index (κ3) is 8.64. The average molecular weight is 796 g/mol. The second kappa shape index (κ2) is 18.0. The predicted octanol–water partition coefficient (Wildman–Crippen LogP) is 14.5. The lowest BCUT2D eigenvalue weighted by Crippen LogP contribution is -2.35. The van der Waals surface area contributed by atoms with Crippen molar-refractivity contribution in [1.29, 1.82) is 0 Å². The zero-order chi connectivity index (χ0) is 42.5. The van der Waals surface area contributed by atoms with Crippen LogP contribution in [0.4, 0.5) is 11.4 Å². The maximum absolute atomic E-state index is 5.61. The largest absolute Gasteiger partial charge is 0.378 e. The lowest BCUT2D eigenvalue weighted by molar-refractivity contribution is 0.383. The third-order valence-electron chi connectivity index (χ3n) is 11.1. The molecule has 0 amide bonds. The Morgan fingerprint density at radius 3 is 1.79 bits per heavy atom. The number of hydrogen-bond donors (Lipinski definition) is 1. The molecule has 5 nitrogen and oxygen atoms in total. The van der Waals surface area contributed by atoms with Crippen molar-refractivity contribution in [3.8, 4) is 44.5 Å². The minimum absolute atomic E-state index is 0.229. The van der Waals surface area contributed by atoms with Gasteiger partial charge >= 0.3 is 0 Å². The van der Waals surface area contributed by atoms with Crippen LogP contribution in [0.3, 0.4) is 0 Å². The van der Waals surface area contributed by atoms with Crippen molar-refractivity contribution < 1.29 is 0 Å². The summed E-state index contributed by atoms with van der Waals surface area (Å²) in [5.41, 5.74) is 17.5. The zero-order valence-corrected chi connectivity index (χ0v) is 36.2. The van der Waals surface area contributed by atoms with Gasteiger partial charge in [-0.05, 0) is 114 Å². The van der Waals surface area contributed by atoms with Crippen LogP contribution in [0.5, 0.6) is 0 Å². The van der Waals surface area contributed by atoms with Crippen LogP contribution in [-0.2, 0) is 0 Å². The van der Waals surface area contributed by atoms with Gasteiger partial charge in [-0.15, -0.1) is 0 Å². The first-order chi connectivity index (χ1) is 29.8. The van der Waals surface area contributed by atoms with Crippen molar-refractivity contribution in [2.75, 3.05) is 12.4 Å². The number of nitrogens with one attached hydrogen (secondary N) is 1. The number of fused-ring (bicyclic) bond motifs is 1. The van der Waals surface area contributed by atoms with Crippen LogP contribution in [0, 0.1) is 6.92 Å². The number of nitrogens with zero attached hydrogens (tertiary/aromatic N) is 4. The van der Waals surface area contributed by atoms with E-state index in [9.17, 15) is 0 Å². The van der Waals surface area contributed by atoms with E-state index in [4.69, 9.17) is 15.0 Å². The quantitative estimate of drug-likeness (QED) is 0.156. The molecule has 2 unspecified atom stereocenters. The molecule has 2 atom stereocenters. The van der Waals surface area contributed by atoms with Gasteiger partial charge in [-0.1, -0.05) is 153 Å². The first-order valence-corrected chi connectivity index (χ1v) is 21.3. The summed E-state index contributed by atoms with van der Waals surface area (Å²) in [6, 6.07) is 58.6. The van der Waals surface area contributed by atoms with Crippen molar-refractivity contribution in [2.24, 2.45) is 15.0 Å². The molecule has 5 heteroatoms. The van der Waals surface area contributed by atoms with Crippen LogP contribution in [0.2, 0.25) is 0 Å². The molecule has 9 rings (SSSR count). The van der Waals surface area contributed by atoms with Crippen LogP contribution in [0.15, 0.2) is 185 Å². The Balaban J connectivity index is 0.00000253. The fourth-order valence-electron chi connectivity index (χ4n) is 8.18. The SMILES string of the molecule is CC.CC(C)=Nc1c(C)cccc1-c1cc(C2=NC(c3cc(-c4ccccc4)cc(-c4cccc5c4NC(C)C=C5)c3)N(C)C(c3ccccc3)=N2)cc(-c2ccccc2)c1. The standard InChI is InChI=1S/C54H47N5.C2H6/c1-35(2)55-50-36(3)17-15-25-48(50)44-29-42(38-18-9-6-10-19-38)31-46(33-44)52-57-53(41-22-13-8-14-23-41)59(5)54(58-52)47-32-43(39-20-11-7-12-21-39)30-45(34-47)49-26-16-24-40-28-27-37(4)56-51(40)49;1-2/h6-34,37,54,56H,1-5H3;1-2H3. The van der Waals surface area contributed by atoms with E-state index < -0.39 is 0 Å². The van der Waals surface area contributed by atoms with Gasteiger partial charge in [0.1, 0.15) is 5.84 Å². The van der Waals surface area contributed by atoms with Crippen molar-refractivity contribution in [2.45, 2.75) is 53.8 Å². The number of hydrogen-bond acceptors (Lipinski definition) is 5. The highest BCUT2D eigenvalue weighted by Gasteiger charge is 2.29. The molecule has 7 aromatic carbocycles. The van der Waals surface area contributed by atoms with E-state index in [1.165, 1.54) is 5.56 Å². The number of rotatable bonds is 8. The number of amidine groups is 2. The van der Waals surface area contributed by atoms with Gasteiger partial charge in [0.25, 0.3) is 0 Å². The summed E-state index contributed by atoms with van der Waals surface area (Å²) in [5, 5.41) is 3.75. The van der Waals surface area contributed by atoms with Gasteiger partial charge in [0.05, 0.1) is 5.69 Å². The molecule has 7 aromatic rings. The number of aliphatic imine (C=N–C) groups is 3. The Morgan fingerprint density at radius 2 is 1.13 bits per heavy atom. The molecule has 0 radical (unpaired) electrons. The minimum Gasteiger partial charge on any atom is -0.378 e. The van der Waals surface area contributed by atoms with Crippen LogP contribution in [0.25, 0.3) is 50.6 Å². The summed E-state index contributed by atoms with van der Waals surface area (Å²) in [4.78, 5) is 18.3. The summed E-state index contributed by atoms with van der Waals surface area (Å²) in [5.74, 6) is 1.54. The summed E-state index contributed by atoms with van der Waals surface area (Å²) in [7, 11) is 2.11. The van der Waals surface area contributed by atoms with Crippen LogP contribution < -0.4 is 5.32 Å². The maximum Gasteiger partial charge on any atom is 0.159 e. The van der Waals surface area contributed by atoms with E-state index in [0.717, 1.165) is 89.7 Å². The lowest BCUT2D eigenvalue weighted by atomic mass is 9.91. The summed E-state index contributed by atoms with van der Waals surface area (Å²) in [6.45, 7) is 12.4. The lowest BCUT2D eigenvalue weighted by Gasteiger charge is -2.33. The van der Waals surface area contributed by atoms with Crippen molar-refractivity contribution in [1.82, 2.24) is 4.90 Å². The normalized spacial score (nSPS) is 15.4. The number of aryl methyl sites for hydroxylation is 1. The van der Waals surface area contributed by atoms with Gasteiger partial charge in [0.15, 0.2) is 12.0 Å². The van der Waals surface area contributed by atoms with Gasteiger partial charge in [-0.2, -0.15) is 0 Å². The minimum atomic E-state index is -0.378. The van der Waals surface area contributed by atoms with Crippen molar-refractivity contribution in [3.05, 3.63) is 198 Å². The Bertz CT molecular complexity index is 2790. The highest BCUT2D eigenvalue weighted by Crippen LogP contribution is 2.41. The monoisotopic (exact) mass is 795 g/mol. The van der Waals surface area contributed by atoms with Gasteiger partial charge in [0.2, 0.25) is 0 Å². The molecule has 302 valence electrons. The topological polar surface area (TPSA) is 52.4 Å². The van der Waals surface area contributed by atoms with Crippen LogP contribution in [0.1, 0.15) is 68.6 Å². The summed E-state index contributed by atoms with van der Waals surface area (Å²) >= 11 is 0. The van der Waals surface area contributed by atoms with Gasteiger partial charge < -0.3 is 10.2 Å². The molecular weight excluding hydrogens is 743 g/mol. The Labute approximate surface area is 361 Å². The highest BCUT2D eigenvalue weighted by atomic mass is 15.3. The highest BCUT2D eigenvalue weighted by molar-refractivity contribution is 6.14. The van der Waals surface area contributed by atoms with Gasteiger partial charge in [0, 0.05) is 46.7 Å². The molecule has 1 N–H and O–H groups in total. The summed E-state index contributed by atoms with van der Waals surface area (Å²) in [6.07, 6.45) is 4.06. The van der Waals surface area contributed by atoms with Gasteiger partial charge in [-0.3, -0.25) is 4.99 Å². The van der Waals surface area contributed by atoms with E-state index in [1.807, 2.05) is 27.7 Å². The van der Waals surface area contributed by atoms with Crippen molar-refractivity contribution >= 4 is 34.8 Å². The van der Waals surface area contributed by atoms with Gasteiger partial charge in [-0.25, -0.2) is 9.98 Å². The molecule has 0 bridgehead atoms. The first-order valence-electron chi connectivity index (χ1n) is 21.3. The maximum atomic E-state index is 5.61. The molecule has 2 aliphatic heterocycles. The van der Waals surface area contributed by atoms with E-state index >= 15 is 0 Å². The Hall–Kier alpha value is -7.11. The fraction of sp³-hybridized carbons (Fsp3) is 0.161. The molecular formula is C56H53N5. The third-order valence-corrected chi connectivity index (χ3v) is 11.1. The number of para-hydroxylation sites is 2. The zero-order valence-electron chi connectivity index (χ0n) is 36.2. The average Bonchev–Trinajstić information content (AvgIpc) is 3.30. The molecule has 0 fully saturated rings. The second-order valence-electron chi connectivity index (χ2n) is 15.7. The van der Waals surface area contributed by atoms with Crippen LogP contribution >= 0.6 is 0 Å². The molecule has 0 spiro atoms. The second-order valence-corrected chi connectivity index (χ2v) is 15.7. The number of anilines is 1. The predicted molar refractivity (Wildman–Crippen MR) is 261 cm³/mol. The smallest absolute Gasteiger partial charge is 0.159 e. The Kier molecular flexibility index (Phi) is 12.0. The van der Waals surface area contributed by atoms with Crippen LogP contribution in [-0.4, -0.2) is 35.4 Å². The molecule has 0 saturated heterocycles. The molecule has 0 saturated carbocycles. The molecule has 2 aliphatic rings. The first kappa shape index (κ1) is 40.7. The number of benzene rings is 7. The van der Waals surface area contributed by atoms with E-state index in [1.54, 1.807) is 0 Å². The fourth-order valence-corrected chi connectivity index (χ4v) is 8.18. The van der Waals surface area contributed by atoms with E-state index in [-0.39, 0.29) is 12.2 Å². The van der Waals surface area contributed by atoms with Crippen molar-refractivity contribution in [3.63, 3.8) is 0 Å². The molecule has 0 aliphatic carbocycles. The summed E-state index contributed by atoms with van der Waals surface area (Å²) < 4.78 is 0. The molecule has 2 heterocycles.